The first-order chi connectivity index (χ1) is 11.9. The first-order valence-corrected chi connectivity index (χ1v) is 8.51. The fourth-order valence-corrected chi connectivity index (χ4v) is 2.72. The molecule has 25 heavy (non-hydrogen) atoms. The van der Waals surface area contributed by atoms with Gasteiger partial charge in [-0.1, -0.05) is 44.2 Å². The maximum atomic E-state index is 9.55. The Balaban J connectivity index is 0.000000333. The number of carboxylic acid groups (broad SMARTS) is 2. The molecule has 0 aromatic heterocycles. The summed E-state index contributed by atoms with van der Waals surface area (Å²) in [6.45, 7) is 9.22. The number of benzene rings is 1. The summed E-state index contributed by atoms with van der Waals surface area (Å²) >= 11 is 0. The first-order valence-electron chi connectivity index (χ1n) is 8.51. The zero-order valence-corrected chi connectivity index (χ0v) is 14.9. The SMILES string of the molecule is CC(C)CN(Cc1ccccc1)[C@H]1CCNC1.O=C(O)/C=C/C(=O)O. The summed E-state index contributed by atoms with van der Waals surface area (Å²) < 4.78 is 0. The van der Waals surface area contributed by atoms with Crippen LogP contribution in [0.25, 0.3) is 0 Å². The van der Waals surface area contributed by atoms with Crippen LogP contribution in [-0.4, -0.2) is 52.7 Å². The summed E-state index contributed by atoms with van der Waals surface area (Å²) in [5.74, 6) is -1.78. The minimum absolute atomic E-state index is 0.558. The van der Waals surface area contributed by atoms with E-state index in [0.717, 1.165) is 25.0 Å². The van der Waals surface area contributed by atoms with Gasteiger partial charge in [-0.25, -0.2) is 9.59 Å². The normalized spacial score (nSPS) is 16.9. The predicted molar refractivity (Wildman–Crippen MR) is 97.4 cm³/mol. The second-order valence-electron chi connectivity index (χ2n) is 6.47. The van der Waals surface area contributed by atoms with Crippen molar-refractivity contribution in [3.63, 3.8) is 0 Å². The largest absolute Gasteiger partial charge is 0.478 e. The molecule has 0 saturated carbocycles. The molecule has 1 aliphatic rings. The summed E-state index contributed by atoms with van der Waals surface area (Å²) in [5.41, 5.74) is 1.43. The van der Waals surface area contributed by atoms with Crippen molar-refractivity contribution in [3.8, 4) is 0 Å². The van der Waals surface area contributed by atoms with E-state index in [1.54, 1.807) is 0 Å². The number of carboxylic acids is 2. The van der Waals surface area contributed by atoms with E-state index in [1.807, 2.05) is 0 Å². The van der Waals surface area contributed by atoms with E-state index in [2.05, 4.69) is 54.4 Å². The lowest BCUT2D eigenvalue weighted by atomic mass is 10.1. The van der Waals surface area contributed by atoms with Gasteiger partial charge in [-0.15, -0.1) is 0 Å². The highest BCUT2D eigenvalue weighted by atomic mass is 16.4. The molecule has 0 spiro atoms. The van der Waals surface area contributed by atoms with Crippen LogP contribution in [0, 0.1) is 5.92 Å². The van der Waals surface area contributed by atoms with Gasteiger partial charge in [-0.3, -0.25) is 4.90 Å². The fraction of sp³-hybridized carbons (Fsp3) is 0.474. The van der Waals surface area contributed by atoms with Crippen LogP contribution in [0.3, 0.4) is 0 Å². The molecule has 1 aromatic carbocycles. The molecule has 3 N–H and O–H groups in total. The molecular formula is C19H28N2O4. The van der Waals surface area contributed by atoms with E-state index in [0.29, 0.717) is 12.2 Å². The third-order valence-corrected chi connectivity index (χ3v) is 3.75. The predicted octanol–water partition coefficient (Wildman–Crippen LogP) is 2.22. The average Bonchev–Trinajstić information content (AvgIpc) is 3.08. The van der Waals surface area contributed by atoms with Gasteiger partial charge in [0.15, 0.2) is 0 Å². The van der Waals surface area contributed by atoms with Gasteiger partial charge in [0.1, 0.15) is 0 Å². The lowest BCUT2D eigenvalue weighted by Gasteiger charge is -2.30. The van der Waals surface area contributed by atoms with Crippen molar-refractivity contribution in [2.75, 3.05) is 19.6 Å². The quantitative estimate of drug-likeness (QED) is 0.655. The Morgan fingerprint density at radius 3 is 2.24 bits per heavy atom. The highest BCUT2D eigenvalue weighted by molar-refractivity contribution is 5.89. The molecule has 0 radical (unpaired) electrons. The third kappa shape index (κ3) is 9.64. The first kappa shape index (κ1) is 20.9. The van der Waals surface area contributed by atoms with Crippen molar-refractivity contribution in [3.05, 3.63) is 48.0 Å². The Labute approximate surface area is 149 Å². The number of carbonyl (C=O) groups is 2. The van der Waals surface area contributed by atoms with Crippen LogP contribution in [0.1, 0.15) is 25.8 Å². The summed E-state index contributed by atoms with van der Waals surface area (Å²) in [5, 5.41) is 19.1. The van der Waals surface area contributed by atoms with E-state index in [4.69, 9.17) is 10.2 Å². The molecule has 6 nitrogen and oxygen atoms in total. The molecule has 0 unspecified atom stereocenters. The molecule has 138 valence electrons. The van der Waals surface area contributed by atoms with Crippen LogP contribution in [0.2, 0.25) is 0 Å². The second-order valence-corrected chi connectivity index (χ2v) is 6.47. The lowest BCUT2D eigenvalue weighted by molar-refractivity contribution is -0.134. The number of aliphatic carboxylic acids is 2. The van der Waals surface area contributed by atoms with Gasteiger partial charge in [0.2, 0.25) is 0 Å². The standard InChI is InChI=1S/C15H24N2.C4H4O4/c1-13(2)11-17(15-8-9-16-10-15)12-14-6-4-3-5-7-14;5-3(6)1-2-4(7)8/h3-7,13,15-16H,8-12H2,1-2H3;1-2H,(H,5,6)(H,7,8)/b;2-1+/t15-;/m0./s1. The summed E-state index contributed by atoms with van der Waals surface area (Å²) in [7, 11) is 0. The minimum atomic E-state index is -1.26. The average molecular weight is 348 g/mol. The number of rotatable bonds is 7. The van der Waals surface area contributed by atoms with Gasteiger partial charge in [-0.2, -0.15) is 0 Å². The molecule has 6 heteroatoms. The Hall–Kier alpha value is -2.18. The number of nitrogens with zero attached hydrogens (tertiary/aromatic N) is 1. The van der Waals surface area contributed by atoms with Crippen molar-refractivity contribution in [2.24, 2.45) is 5.92 Å². The zero-order valence-electron chi connectivity index (χ0n) is 14.9. The molecule has 1 aliphatic heterocycles. The lowest BCUT2D eigenvalue weighted by Crippen LogP contribution is -2.38. The molecule has 1 heterocycles. The molecule has 2 rings (SSSR count). The smallest absolute Gasteiger partial charge is 0.328 e. The maximum absolute atomic E-state index is 9.55. The summed E-state index contributed by atoms with van der Waals surface area (Å²) in [6, 6.07) is 11.5. The van der Waals surface area contributed by atoms with Crippen LogP contribution in [-0.2, 0) is 16.1 Å². The molecule has 0 bridgehead atoms. The molecule has 0 amide bonds. The van der Waals surface area contributed by atoms with E-state index in [-0.39, 0.29) is 0 Å². The number of hydrogen-bond acceptors (Lipinski definition) is 4. The molecule has 1 fully saturated rings. The highest BCUT2D eigenvalue weighted by Gasteiger charge is 2.22. The van der Waals surface area contributed by atoms with Crippen molar-refractivity contribution in [2.45, 2.75) is 32.9 Å². The Morgan fingerprint density at radius 2 is 1.80 bits per heavy atom. The van der Waals surface area contributed by atoms with Gasteiger partial charge in [0.05, 0.1) is 0 Å². The van der Waals surface area contributed by atoms with E-state index < -0.39 is 11.9 Å². The topological polar surface area (TPSA) is 89.9 Å². The maximum Gasteiger partial charge on any atom is 0.328 e. The van der Waals surface area contributed by atoms with Crippen molar-refractivity contribution in [1.29, 1.82) is 0 Å². The molecular weight excluding hydrogens is 320 g/mol. The van der Waals surface area contributed by atoms with Gasteiger partial charge >= 0.3 is 11.9 Å². The molecule has 1 aromatic rings. The Morgan fingerprint density at radius 1 is 1.20 bits per heavy atom. The van der Waals surface area contributed by atoms with Gasteiger partial charge in [0.25, 0.3) is 0 Å². The van der Waals surface area contributed by atoms with Gasteiger partial charge in [0, 0.05) is 37.8 Å². The van der Waals surface area contributed by atoms with Crippen molar-refractivity contribution >= 4 is 11.9 Å². The Bertz CT molecular complexity index is 536. The second kappa shape index (κ2) is 11.4. The fourth-order valence-electron chi connectivity index (χ4n) is 2.72. The van der Waals surface area contributed by atoms with E-state index in [9.17, 15) is 9.59 Å². The molecule has 0 aliphatic carbocycles. The van der Waals surface area contributed by atoms with Crippen LogP contribution < -0.4 is 5.32 Å². The van der Waals surface area contributed by atoms with Crippen LogP contribution in [0.4, 0.5) is 0 Å². The Kier molecular flexibility index (Phi) is 9.50. The van der Waals surface area contributed by atoms with Crippen LogP contribution in [0.5, 0.6) is 0 Å². The summed E-state index contributed by atoms with van der Waals surface area (Å²) in [4.78, 5) is 21.7. The van der Waals surface area contributed by atoms with Gasteiger partial charge in [-0.05, 0) is 24.4 Å². The monoisotopic (exact) mass is 348 g/mol. The third-order valence-electron chi connectivity index (χ3n) is 3.75. The molecule has 1 atom stereocenters. The van der Waals surface area contributed by atoms with E-state index in [1.165, 1.54) is 25.1 Å². The highest BCUT2D eigenvalue weighted by Crippen LogP contribution is 2.15. The van der Waals surface area contributed by atoms with Crippen molar-refractivity contribution < 1.29 is 19.8 Å². The number of hydrogen-bond donors (Lipinski definition) is 3. The number of nitrogens with one attached hydrogen (secondary N) is 1. The van der Waals surface area contributed by atoms with Crippen molar-refractivity contribution in [1.82, 2.24) is 10.2 Å². The van der Waals surface area contributed by atoms with Crippen LogP contribution in [0.15, 0.2) is 42.5 Å². The van der Waals surface area contributed by atoms with Crippen LogP contribution >= 0.6 is 0 Å². The summed E-state index contributed by atoms with van der Waals surface area (Å²) in [6.07, 6.45) is 2.41. The zero-order chi connectivity index (χ0) is 18.7. The van der Waals surface area contributed by atoms with E-state index >= 15 is 0 Å². The minimum Gasteiger partial charge on any atom is -0.478 e. The molecule has 1 saturated heterocycles. The van der Waals surface area contributed by atoms with Gasteiger partial charge < -0.3 is 15.5 Å².